The number of thiol groups is 1. The third kappa shape index (κ3) is 10.6. The highest BCUT2D eigenvalue weighted by Crippen LogP contribution is 1.98. The Balaban J connectivity index is 3.38. The highest BCUT2D eigenvalue weighted by atomic mass is 32.1. The Hall–Kier alpha value is -0.520. The number of carbonyl (C=O) groups is 1. The van der Waals surface area contributed by atoms with E-state index in [0.717, 1.165) is 25.0 Å². The lowest BCUT2D eigenvalue weighted by Gasteiger charge is -2.08. The Bertz CT molecular complexity index is 231. The van der Waals surface area contributed by atoms with E-state index in [9.17, 15) is 4.79 Å². The third-order valence-electron chi connectivity index (χ3n) is 2.11. The Morgan fingerprint density at radius 1 is 1.11 bits per heavy atom. The van der Waals surface area contributed by atoms with Crippen molar-refractivity contribution >= 4 is 18.6 Å². The SMILES string of the molecule is C=C(COCCOCCCS)C(=O)OCCCC. The van der Waals surface area contributed by atoms with E-state index in [1.54, 1.807) is 0 Å². The van der Waals surface area contributed by atoms with Gasteiger partial charge >= 0.3 is 5.97 Å². The van der Waals surface area contributed by atoms with E-state index >= 15 is 0 Å². The zero-order valence-corrected chi connectivity index (χ0v) is 12.0. The molecule has 18 heavy (non-hydrogen) atoms. The summed E-state index contributed by atoms with van der Waals surface area (Å²) in [6.45, 7) is 7.97. The second-order valence-electron chi connectivity index (χ2n) is 3.84. The largest absolute Gasteiger partial charge is 0.462 e. The number of unbranched alkanes of at least 4 members (excludes halogenated alkanes) is 1. The summed E-state index contributed by atoms with van der Waals surface area (Å²) in [4.78, 5) is 11.4. The van der Waals surface area contributed by atoms with Gasteiger partial charge in [0.15, 0.2) is 0 Å². The first-order valence-electron chi connectivity index (χ1n) is 6.33. The summed E-state index contributed by atoms with van der Waals surface area (Å²) in [7, 11) is 0. The Morgan fingerprint density at radius 2 is 1.83 bits per heavy atom. The maximum Gasteiger partial charge on any atom is 0.335 e. The highest BCUT2D eigenvalue weighted by molar-refractivity contribution is 7.80. The van der Waals surface area contributed by atoms with Gasteiger partial charge in [-0.1, -0.05) is 19.9 Å². The van der Waals surface area contributed by atoms with Crippen LogP contribution in [0.5, 0.6) is 0 Å². The van der Waals surface area contributed by atoms with Gasteiger partial charge in [0.1, 0.15) is 0 Å². The van der Waals surface area contributed by atoms with Crippen LogP contribution in [0.4, 0.5) is 0 Å². The van der Waals surface area contributed by atoms with Gasteiger partial charge in [0.05, 0.1) is 32.0 Å². The first-order chi connectivity index (χ1) is 8.72. The molecule has 0 aromatic heterocycles. The van der Waals surface area contributed by atoms with Crippen LogP contribution in [0.15, 0.2) is 12.2 Å². The van der Waals surface area contributed by atoms with Gasteiger partial charge in [0, 0.05) is 6.61 Å². The van der Waals surface area contributed by atoms with Crippen molar-refractivity contribution in [3.63, 3.8) is 0 Å². The van der Waals surface area contributed by atoms with Gasteiger partial charge in [0.2, 0.25) is 0 Å². The van der Waals surface area contributed by atoms with Crippen molar-refractivity contribution in [2.24, 2.45) is 0 Å². The van der Waals surface area contributed by atoms with Crippen molar-refractivity contribution in [1.82, 2.24) is 0 Å². The van der Waals surface area contributed by atoms with Crippen LogP contribution < -0.4 is 0 Å². The summed E-state index contributed by atoms with van der Waals surface area (Å²) in [6, 6.07) is 0. The number of hydrogen-bond acceptors (Lipinski definition) is 5. The van der Waals surface area contributed by atoms with Crippen LogP contribution in [0.25, 0.3) is 0 Å². The lowest BCUT2D eigenvalue weighted by atomic mass is 10.3. The molecule has 0 aliphatic rings. The molecule has 0 fully saturated rings. The second kappa shape index (κ2) is 12.9. The first kappa shape index (κ1) is 17.5. The smallest absolute Gasteiger partial charge is 0.335 e. The summed E-state index contributed by atoms with van der Waals surface area (Å²) in [5.74, 6) is 0.445. The minimum atomic E-state index is -0.376. The Labute approximate surface area is 115 Å². The van der Waals surface area contributed by atoms with Crippen LogP contribution in [-0.2, 0) is 19.0 Å². The molecule has 0 radical (unpaired) electrons. The molecule has 0 aromatic rings. The average molecular weight is 276 g/mol. The molecule has 0 bridgehead atoms. The van der Waals surface area contributed by atoms with Gasteiger partial charge in [0.25, 0.3) is 0 Å². The second-order valence-corrected chi connectivity index (χ2v) is 4.28. The molecule has 106 valence electrons. The van der Waals surface area contributed by atoms with E-state index in [4.69, 9.17) is 14.2 Å². The van der Waals surface area contributed by atoms with Crippen molar-refractivity contribution in [2.45, 2.75) is 26.2 Å². The summed E-state index contributed by atoms with van der Waals surface area (Å²) >= 11 is 4.07. The van der Waals surface area contributed by atoms with Crippen molar-refractivity contribution in [1.29, 1.82) is 0 Å². The van der Waals surface area contributed by atoms with Crippen molar-refractivity contribution in [3.05, 3.63) is 12.2 Å². The number of esters is 1. The molecule has 4 nitrogen and oxygen atoms in total. The lowest BCUT2D eigenvalue weighted by molar-refractivity contribution is -0.139. The minimum absolute atomic E-state index is 0.195. The molecule has 0 atom stereocenters. The van der Waals surface area contributed by atoms with Crippen LogP contribution in [0.3, 0.4) is 0 Å². The predicted octanol–water partition coefficient (Wildman–Crippen LogP) is 2.24. The molecule has 0 aromatic carbocycles. The van der Waals surface area contributed by atoms with E-state index in [0.29, 0.717) is 32.0 Å². The molecule has 0 rings (SSSR count). The Morgan fingerprint density at radius 3 is 2.50 bits per heavy atom. The summed E-state index contributed by atoms with van der Waals surface area (Å²) in [5.41, 5.74) is 0.349. The number of ether oxygens (including phenoxy) is 3. The standard InChI is InChI=1S/C13H24O4S/c1-3-4-7-17-13(14)12(2)11-16-9-8-15-6-5-10-18/h18H,2-11H2,1H3. The molecule has 0 aliphatic heterocycles. The van der Waals surface area contributed by atoms with Crippen LogP contribution in [0.1, 0.15) is 26.2 Å². The van der Waals surface area contributed by atoms with Crippen LogP contribution in [-0.4, -0.2) is 44.8 Å². The molecule has 0 unspecified atom stereocenters. The van der Waals surface area contributed by atoms with E-state index in [-0.39, 0.29) is 12.6 Å². The Kier molecular flexibility index (Phi) is 12.6. The molecule has 0 aliphatic carbocycles. The number of hydrogen-bond donors (Lipinski definition) is 1. The van der Waals surface area contributed by atoms with Gasteiger partial charge < -0.3 is 14.2 Å². The summed E-state index contributed by atoms with van der Waals surface area (Å²) in [6.07, 6.45) is 2.80. The monoisotopic (exact) mass is 276 g/mol. The van der Waals surface area contributed by atoms with E-state index < -0.39 is 0 Å². The quantitative estimate of drug-likeness (QED) is 0.257. The molecule has 0 amide bonds. The fourth-order valence-corrected chi connectivity index (χ4v) is 1.18. The van der Waals surface area contributed by atoms with E-state index in [1.807, 2.05) is 6.92 Å². The fraction of sp³-hybridized carbons (Fsp3) is 0.769. The average Bonchev–Trinajstić information content (AvgIpc) is 2.37. The van der Waals surface area contributed by atoms with Crippen LogP contribution in [0.2, 0.25) is 0 Å². The van der Waals surface area contributed by atoms with Crippen molar-refractivity contribution in [2.75, 3.05) is 38.8 Å². The molecule has 5 heteroatoms. The molecule has 0 spiro atoms. The maximum absolute atomic E-state index is 11.4. The maximum atomic E-state index is 11.4. The van der Waals surface area contributed by atoms with Crippen molar-refractivity contribution in [3.8, 4) is 0 Å². The topological polar surface area (TPSA) is 44.8 Å². The lowest BCUT2D eigenvalue weighted by Crippen LogP contribution is -2.14. The van der Waals surface area contributed by atoms with E-state index in [1.165, 1.54) is 0 Å². The van der Waals surface area contributed by atoms with Gasteiger partial charge in [-0.05, 0) is 18.6 Å². The molecule has 0 saturated carbocycles. The molecular weight excluding hydrogens is 252 g/mol. The van der Waals surface area contributed by atoms with Gasteiger partial charge in [-0.15, -0.1) is 0 Å². The van der Waals surface area contributed by atoms with Gasteiger partial charge in [-0.25, -0.2) is 4.79 Å². The van der Waals surface area contributed by atoms with E-state index in [2.05, 4.69) is 19.2 Å². The van der Waals surface area contributed by atoms with Gasteiger partial charge in [-0.2, -0.15) is 12.6 Å². The van der Waals surface area contributed by atoms with Crippen molar-refractivity contribution < 1.29 is 19.0 Å². The molecule has 0 saturated heterocycles. The van der Waals surface area contributed by atoms with Crippen LogP contribution >= 0.6 is 12.6 Å². The van der Waals surface area contributed by atoms with Crippen LogP contribution in [0, 0.1) is 0 Å². The fourth-order valence-electron chi connectivity index (χ4n) is 1.05. The summed E-state index contributed by atoms with van der Waals surface area (Å²) < 4.78 is 15.5. The van der Waals surface area contributed by atoms with Gasteiger partial charge in [-0.3, -0.25) is 0 Å². The molecular formula is C13H24O4S. The minimum Gasteiger partial charge on any atom is -0.462 e. The third-order valence-corrected chi connectivity index (χ3v) is 2.43. The molecule has 0 N–H and O–H groups in total. The number of rotatable bonds is 12. The first-order valence-corrected chi connectivity index (χ1v) is 6.96. The molecule has 0 heterocycles. The zero-order valence-electron chi connectivity index (χ0n) is 11.2. The number of carbonyl (C=O) groups excluding carboxylic acids is 1. The normalized spacial score (nSPS) is 10.3. The zero-order chi connectivity index (χ0) is 13.6. The predicted molar refractivity (Wildman–Crippen MR) is 75.1 cm³/mol. The highest BCUT2D eigenvalue weighted by Gasteiger charge is 2.07. The summed E-state index contributed by atoms with van der Waals surface area (Å²) in [5, 5.41) is 0.